The summed E-state index contributed by atoms with van der Waals surface area (Å²) < 4.78 is 16.8. The molecule has 2 aliphatic heterocycles. The molecule has 0 N–H and O–H groups in total. The minimum atomic E-state index is -0.0553. The molecule has 5 nitrogen and oxygen atoms in total. The standard InChI is InChI=1S/C19H27NO4/c1-2-22-17-6-4-3-5-15(17)7-8-18(21)20-11-9-16(10-12-20)19-23-13-14-24-19/h3-6,16,19H,2,7-14H2,1H3. The van der Waals surface area contributed by atoms with Gasteiger partial charge in [0.2, 0.25) is 5.91 Å². The fourth-order valence-electron chi connectivity index (χ4n) is 3.48. The number of likely N-dealkylation sites (tertiary alicyclic amines) is 1. The molecule has 5 heteroatoms. The van der Waals surface area contributed by atoms with Crippen molar-refractivity contribution < 1.29 is 19.0 Å². The maximum Gasteiger partial charge on any atom is 0.222 e. The molecule has 2 fully saturated rings. The molecule has 0 aromatic heterocycles. The quantitative estimate of drug-likeness (QED) is 0.803. The Balaban J connectivity index is 1.46. The molecule has 132 valence electrons. The summed E-state index contributed by atoms with van der Waals surface area (Å²) in [6.07, 6.45) is 3.13. The number of amides is 1. The number of hydrogen-bond acceptors (Lipinski definition) is 4. The van der Waals surface area contributed by atoms with Crippen LogP contribution in [0.4, 0.5) is 0 Å². The van der Waals surface area contributed by atoms with Gasteiger partial charge in [-0.15, -0.1) is 0 Å². The Labute approximate surface area is 143 Å². The van der Waals surface area contributed by atoms with Crippen LogP contribution in [-0.2, 0) is 20.7 Å². The number of ether oxygens (including phenoxy) is 3. The smallest absolute Gasteiger partial charge is 0.222 e. The fourth-order valence-corrected chi connectivity index (χ4v) is 3.48. The van der Waals surface area contributed by atoms with Gasteiger partial charge in [0.25, 0.3) is 0 Å². The number of carbonyl (C=O) groups excluding carboxylic acids is 1. The van der Waals surface area contributed by atoms with E-state index in [0.717, 1.165) is 43.7 Å². The first-order chi connectivity index (χ1) is 11.8. The summed E-state index contributed by atoms with van der Waals surface area (Å²) >= 11 is 0. The van der Waals surface area contributed by atoms with Crippen molar-refractivity contribution in [3.8, 4) is 5.75 Å². The van der Waals surface area contributed by atoms with Crippen LogP contribution in [-0.4, -0.2) is 50.0 Å². The van der Waals surface area contributed by atoms with E-state index in [1.54, 1.807) is 0 Å². The molecule has 24 heavy (non-hydrogen) atoms. The Morgan fingerprint density at radius 2 is 1.92 bits per heavy atom. The highest BCUT2D eigenvalue weighted by molar-refractivity contribution is 5.76. The first kappa shape index (κ1) is 17.2. The van der Waals surface area contributed by atoms with Crippen LogP contribution < -0.4 is 4.74 Å². The van der Waals surface area contributed by atoms with E-state index < -0.39 is 0 Å². The molecule has 1 aromatic carbocycles. The van der Waals surface area contributed by atoms with E-state index in [4.69, 9.17) is 14.2 Å². The molecule has 0 saturated carbocycles. The number of benzene rings is 1. The predicted octanol–water partition coefficient (Wildman–Crippen LogP) is 2.63. The van der Waals surface area contributed by atoms with Crippen molar-refractivity contribution in [2.75, 3.05) is 32.9 Å². The second-order valence-corrected chi connectivity index (χ2v) is 6.37. The molecule has 2 heterocycles. The minimum absolute atomic E-state index is 0.0553. The average molecular weight is 333 g/mol. The Hall–Kier alpha value is -1.59. The fraction of sp³-hybridized carbons (Fsp3) is 0.632. The molecule has 0 atom stereocenters. The lowest BCUT2D eigenvalue weighted by Crippen LogP contribution is -2.41. The Bertz CT molecular complexity index is 534. The van der Waals surface area contributed by atoms with Crippen molar-refractivity contribution in [1.82, 2.24) is 4.90 Å². The number of carbonyl (C=O) groups is 1. The van der Waals surface area contributed by atoms with Gasteiger partial charge in [-0.1, -0.05) is 18.2 Å². The lowest BCUT2D eigenvalue weighted by Gasteiger charge is -2.34. The summed E-state index contributed by atoms with van der Waals surface area (Å²) in [5.74, 6) is 1.55. The molecule has 2 saturated heterocycles. The zero-order valence-corrected chi connectivity index (χ0v) is 14.4. The number of piperidine rings is 1. The normalized spacial score (nSPS) is 19.6. The van der Waals surface area contributed by atoms with Gasteiger partial charge >= 0.3 is 0 Å². The maximum atomic E-state index is 12.5. The van der Waals surface area contributed by atoms with Crippen LogP contribution in [0.25, 0.3) is 0 Å². The molecule has 0 aliphatic carbocycles. The molecule has 0 unspecified atom stereocenters. The zero-order valence-electron chi connectivity index (χ0n) is 14.4. The van der Waals surface area contributed by atoms with E-state index in [1.807, 2.05) is 36.1 Å². The van der Waals surface area contributed by atoms with Gasteiger partial charge < -0.3 is 19.1 Å². The summed E-state index contributed by atoms with van der Waals surface area (Å²) in [6.45, 7) is 5.62. The van der Waals surface area contributed by atoms with Gasteiger partial charge in [-0.25, -0.2) is 0 Å². The Kier molecular flexibility index (Phi) is 6.10. The first-order valence-corrected chi connectivity index (χ1v) is 8.99. The van der Waals surface area contributed by atoms with Crippen LogP contribution >= 0.6 is 0 Å². The number of hydrogen-bond donors (Lipinski definition) is 0. The molecule has 3 rings (SSSR count). The highest BCUT2D eigenvalue weighted by Crippen LogP contribution is 2.26. The van der Waals surface area contributed by atoms with Gasteiger partial charge in [0.1, 0.15) is 5.75 Å². The number of aryl methyl sites for hydroxylation is 1. The molecule has 1 amide bonds. The van der Waals surface area contributed by atoms with Crippen LogP contribution in [0.15, 0.2) is 24.3 Å². The van der Waals surface area contributed by atoms with Gasteiger partial charge in [0, 0.05) is 25.4 Å². The zero-order chi connectivity index (χ0) is 16.8. The van der Waals surface area contributed by atoms with E-state index in [2.05, 4.69) is 0 Å². The largest absolute Gasteiger partial charge is 0.494 e. The van der Waals surface area contributed by atoms with Crippen molar-refractivity contribution in [2.24, 2.45) is 5.92 Å². The van der Waals surface area contributed by atoms with Crippen molar-refractivity contribution in [3.63, 3.8) is 0 Å². The van der Waals surface area contributed by atoms with E-state index in [1.165, 1.54) is 0 Å². The van der Waals surface area contributed by atoms with Crippen molar-refractivity contribution in [3.05, 3.63) is 29.8 Å². The second-order valence-electron chi connectivity index (χ2n) is 6.37. The summed E-state index contributed by atoms with van der Waals surface area (Å²) in [4.78, 5) is 14.5. The molecule has 1 aromatic rings. The number of rotatable bonds is 6. The van der Waals surface area contributed by atoms with Gasteiger partial charge in [0.05, 0.1) is 19.8 Å². The highest BCUT2D eigenvalue weighted by Gasteiger charge is 2.31. The lowest BCUT2D eigenvalue weighted by atomic mass is 9.95. The van der Waals surface area contributed by atoms with E-state index in [0.29, 0.717) is 32.2 Å². The summed E-state index contributed by atoms with van der Waals surface area (Å²) in [6, 6.07) is 7.97. The summed E-state index contributed by atoms with van der Waals surface area (Å²) in [7, 11) is 0. The van der Waals surface area contributed by atoms with Gasteiger partial charge in [-0.05, 0) is 37.8 Å². The van der Waals surface area contributed by atoms with Gasteiger partial charge in [0.15, 0.2) is 6.29 Å². The molecule has 2 aliphatic rings. The van der Waals surface area contributed by atoms with Gasteiger partial charge in [-0.3, -0.25) is 4.79 Å². The van der Waals surface area contributed by atoms with Crippen LogP contribution in [0, 0.1) is 5.92 Å². The van der Waals surface area contributed by atoms with Crippen LogP contribution in [0.5, 0.6) is 5.75 Å². The van der Waals surface area contributed by atoms with E-state index in [-0.39, 0.29) is 12.2 Å². The SMILES string of the molecule is CCOc1ccccc1CCC(=O)N1CCC(C2OCCO2)CC1. The van der Waals surface area contributed by atoms with E-state index in [9.17, 15) is 4.79 Å². The van der Waals surface area contributed by atoms with Gasteiger partial charge in [-0.2, -0.15) is 0 Å². The predicted molar refractivity (Wildman–Crippen MR) is 90.9 cm³/mol. The third kappa shape index (κ3) is 4.28. The molecule has 0 bridgehead atoms. The number of nitrogens with zero attached hydrogens (tertiary/aromatic N) is 1. The second kappa shape index (κ2) is 8.49. The Morgan fingerprint density at radius 3 is 2.62 bits per heavy atom. The van der Waals surface area contributed by atoms with Crippen molar-refractivity contribution in [1.29, 1.82) is 0 Å². The molecular weight excluding hydrogens is 306 g/mol. The van der Waals surface area contributed by atoms with Crippen molar-refractivity contribution in [2.45, 2.75) is 38.9 Å². The topological polar surface area (TPSA) is 48.0 Å². The lowest BCUT2D eigenvalue weighted by molar-refractivity contribution is -0.136. The minimum Gasteiger partial charge on any atom is -0.494 e. The van der Waals surface area contributed by atoms with Crippen LogP contribution in [0.1, 0.15) is 31.7 Å². The molecule has 0 spiro atoms. The summed E-state index contributed by atoms with van der Waals surface area (Å²) in [5, 5.41) is 0. The summed E-state index contributed by atoms with van der Waals surface area (Å²) in [5.41, 5.74) is 1.11. The third-order valence-corrected chi connectivity index (χ3v) is 4.81. The number of para-hydroxylation sites is 1. The first-order valence-electron chi connectivity index (χ1n) is 8.99. The average Bonchev–Trinajstić information content (AvgIpc) is 3.16. The van der Waals surface area contributed by atoms with Crippen LogP contribution in [0.2, 0.25) is 0 Å². The third-order valence-electron chi connectivity index (χ3n) is 4.81. The van der Waals surface area contributed by atoms with Crippen LogP contribution in [0.3, 0.4) is 0 Å². The van der Waals surface area contributed by atoms with Crippen molar-refractivity contribution >= 4 is 5.91 Å². The molecule has 0 radical (unpaired) electrons. The van der Waals surface area contributed by atoms with E-state index >= 15 is 0 Å². The maximum absolute atomic E-state index is 12.5. The monoisotopic (exact) mass is 333 g/mol. The molecular formula is C19H27NO4. The Morgan fingerprint density at radius 1 is 1.21 bits per heavy atom. The highest BCUT2D eigenvalue weighted by atomic mass is 16.7.